The number of aliphatic hydroxyl groups is 1. The molecule has 2 aromatic heterocycles. The van der Waals surface area contributed by atoms with Crippen LogP contribution in [-0.2, 0) is 22.5 Å². The summed E-state index contributed by atoms with van der Waals surface area (Å²) in [4.78, 5) is 20.6. The molecule has 1 atom stereocenters. The predicted molar refractivity (Wildman–Crippen MR) is 241 cm³/mol. The largest absolute Gasteiger partial charge is 0.491 e. The van der Waals surface area contributed by atoms with Crippen LogP contribution in [0.5, 0.6) is 17.2 Å². The highest BCUT2D eigenvalue weighted by atomic mass is 16.5. The Morgan fingerprint density at radius 3 is 2.24 bits per heavy atom. The molecule has 0 saturated heterocycles. The number of carboxylic acids is 1. The molecule has 0 unspecified atom stereocenters. The van der Waals surface area contributed by atoms with Crippen molar-refractivity contribution in [3.05, 3.63) is 156 Å². The van der Waals surface area contributed by atoms with Crippen LogP contribution in [0.4, 0.5) is 17.2 Å². The van der Waals surface area contributed by atoms with E-state index in [0.717, 1.165) is 39.5 Å². The maximum atomic E-state index is 11.6. The van der Waals surface area contributed by atoms with E-state index in [1.807, 2.05) is 91.0 Å². The Morgan fingerprint density at radius 1 is 0.661 bits per heavy atom. The van der Waals surface area contributed by atoms with E-state index in [0.29, 0.717) is 87.9 Å². The van der Waals surface area contributed by atoms with Crippen molar-refractivity contribution >= 4 is 44.8 Å². The monoisotopic (exact) mass is 837 g/mol. The van der Waals surface area contributed by atoms with Gasteiger partial charge in [0.2, 0.25) is 0 Å². The van der Waals surface area contributed by atoms with Crippen LogP contribution in [0.25, 0.3) is 21.7 Å². The molecular weight excluding hydrogens is 787 g/mol. The van der Waals surface area contributed by atoms with Gasteiger partial charge in [0.15, 0.2) is 11.5 Å². The Hall–Kier alpha value is -6.77. The predicted octanol–water partition coefficient (Wildman–Crippen LogP) is 7.90. The molecule has 320 valence electrons. The molecule has 7 aromatic rings. The molecule has 0 aliphatic carbocycles. The van der Waals surface area contributed by atoms with Gasteiger partial charge in [-0.3, -0.25) is 4.98 Å². The molecule has 13 nitrogen and oxygen atoms in total. The number of hydrogen-bond donors (Lipinski definition) is 5. The summed E-state index contributed by atoms with van der Waals surface area (Å²) in [6.45, 7) is 4.38. The van der Waals surface area contributed by atoms with Gasteiger partial charge < -0.3 is 49.8 Å². The molecule has 0 saturated carbocycles. The summed E-state index contributed by atoms with van der Waals surface area (Å²) >= 11 is 0. The summed E-state index contributed by atoms with van der Waals surface area (Å²) in [5.41, 5.74) is 4.71. The first-order valence-corrected chi connectivity index (χ1v) is 20.6. The fourth-order valence-electron chi connectivity index (χ4n) is 6.64. The van der Waals surface area contributed by atoms with Gasteiger partial charge in [0.1, 0.15) is 30.9 Å². The van der Waals surface area contributed by atoms with E-state index >= 15 is 0 Å². The van der Waals surface area contributed by atoms with E-state index in [4.69, 9.17) is 28.7 Å². The molecule has 7 rings (SSSR count). The second-order valence-corrected chi connectivity index (χ2v) is 14.4. The lowest BCUT2D eigenvalue weighted by Crippen LogP contribution is -2.33. The van der Waals surface area contributed by atoms with Crippen LogP contribution < -0.4 is 30.2 Å². The van der Waals surface area contributed by atoms with Crippen LogP contribution in [0.2, 0.25) is 0 Å². The van der Waals surface area contributed by atoms with Crippen LogP contribution in [-0.4, -0.2) is 91.5 Å². The smallest absolute Gasteiger partial charge is 0.335 e. The van der Waals surface area contributed by atoms with Crippen molar-refractivity contribution < 1.29 is 38.7 Å². The zero-order valence-corrected chi connectivity index (χ0v) is 34.4. The van der Waals surface area contributed by atoms with E-state index in [1.165, 1.54) is 5.56 Å². The van der Waals surface area contributed by atoms with Crippen LogP contribution in [0.15, 0.2) is 140 Å². The number of nitrogens with zero attached hydrogens (tertiary/aromatic N) is 2. The average Bonchev–Trinajstić information content (AvgIpc) is 3.30. The molecule has 5 N–H and O–H groups in total. The highest BCUT2D eigenvalue weighted by molar-refractivity contribution is 6.11. The molecule has 0 spiro atoms. The first kappa shape index (κ1) is 43.3. The van der Waals surface area contributed by atoms with Gasteiger partial charge in [-0.25, -0.2) is 9.78 Å². The Labute approximate surface area is 360 Å². The van der Waals surface area contributed by atoms with Crippen LogP contribution in [0.1, 0.15) is 21.5 Å². The number of fused-ring (bicyclic) bond motifs is 3. The van der Waals surface area contributed by atoms with E-state index in [-0.39, 0.29) is 12.2 Å². The zero-order chi connectivity index (χ0) is 42.8. The zero-order valence-electron chi connectivity index (χ0n) is 34.4. The third-order valence-corrected chi connectivity index (χ3v) is 9.81. The standard InChI is InChI=1S/C49H51N5O8/c55-40(34-61-41-15-17-46(62-33-36-10-5-2-6-11-36)47(30-41)60-23-19-35-8-3-1-4-9-35)31-51-21-24-58-26-27-59-25-22-52-38-12-7-13-39(29-38)53-48-43-18-20-50-32-44(43)42-16-14-37(49(56)57)28-45(42)54-48/h1-18,20,28-30,32,40,51-52,55H,19,21-27,31,33-34H2,(H,53,54)(H,56,57)/t40-/m1/s1. The number of anilines is 3. The third-order valence-electron chi connectivity index (χ3n) is 9.81. The number of hydrogen-bond acceptors (Lipinski definition) is 12. The van der Waals surface area contributed by atoms with Gasteiger partial charge in [0.25, 0.3) is 0 Å². The molecule has 0 radical (unpaired) electrons. The van der Waals surface area contributed by atoms with Gasteiger partial charge >= 0.3 is 5.97 Å². The summed E-state index contributed by atoms with van der Waals surface area (Å²) in [6, 6.07) is 40.3. The minimum absolute atomic E-state index is 0.109. The first-order chi connectivity index (χ1) is 30.5. The lowest BCUT2D eigenvalue weighted by Gasteiger charge is -2.17. The van der Waals surface area contributed by atoms with Crippen molar-refractivity contribution in [1.29, 1.82) is 0 Å². The van der Waals surface area contributed by atoms with Gasteiger partial charge in [0, 0.05) is 72.0 Å². The van der Waals surface area contributed by atoms with Gasteiger partial charge in [-0.05, 0) is 59.7 Å². The average molecular weight is 838 g/mol. The molecule has 62 heavy (non-hydrogen) atoms. The third kappa shape index (κ3) is 12.9. The molecule has 13 heteroatoms. The Bertz CT molecular complexity index is 2490. The molecule has 0 bridgehead atoms. The van der Waals surface area contributed by atoms with Gasteiger partial charge in [0.05, 0.1) is 44.1 Å². The summed E-state index contributed by atoms with van der Waals surface area (Å²) in [5, 5.41) is 32.6. The number of carbonyl (C=O) groups is 1. The minimum atomic E-state index is -1.01. The number of carboxylic acid groups (broad SMARTS) is 1. The Balaban J connectivity index is 0.767. The van der Waals surface area contributed by atoms with Crippen molar-refractivity contribution in [2.45, 2.75) is 19.1 Å². The van der Waals surface area contributed by atoms with Crippen molar-refractivity contribution in [2.75, 3.05) is 69.9 Å². The molecule has 2 heterocycles. The molecule has 0 fully saturated rings. The minimum Gasteiger partial charge on any atom is -0.491 e. The summed E-state index contributed by atoms with van der Waals surface area (Å²) in [7, 11) is 0. The van der Waals surface area contributed by atoms with Gasteiger partial charge in [-0.15, -0.1) is 0 Å². The summed E-state index contributed by atoms with van der Waals surface area (Å²) < 4.78 is 29.6. The number of ether oxygens (including phenoxy) is 5. The van der Waals surface area contributed by atoms with E-state index in [2.05, 4.69) is 33.1 Å². The maximum Gasteiger partial charge on any atom is 0.335 e. The molecule has 0 aliphatic rings. The highest BCUT2D eigenvalue weighted by Gasteiger charge is 2.13. The highest BCUT2D eigenvalue weighted by Crippen LogP contribution is 2.33. The second kappa shape index (κ2) is 22.7. The second-order valence-electron chi connectivity index (χ2n) is 14.4. The summed E-state index contributed by atoms with van der Waals surface area (Å²) in [5.74, 6) is 1.39. The summed E-state index contributed by atoms with van der Waals surface area (Å²) in [6.07, 6.45) is 3.51. The Kier molecular flexibility index (Phi) is 15.9. The molecule has 5 aromatic carbocycles. The molecular formula is C49H51N5O8. The number of aliphatic hydroxyl groups excluding tert-OH is 1. The normalized spacial score (nSPS) is 11.6. The number of aromatic nitrogens is 2. The van der Waals surface area contributed by atoms with Crippen LogP contribution in [0.3, 0.4) is 0 Å². The number of rotatable bonds is 25. The SMILES string of the molecule is O=C(O)c1ccc2c(c1)nc(Nc1cccc(NCCOCCOCCNC[C@@H](O)COc3ccc(OCc4ccccc4)c(OCCc4ccccc4)c3)c1)c1ccncc12. The number of aromatic carboxylic acids is 1. The van der Waals surface area contributed by atoms with E-state index in [9.17, 15) is 15.0 Å². The number of nitrogens with one attached hydrogen (secondary N) is 3. The number of benzene rings is 5. The first-order valence-electron chi connectivity index (χ1n) is 20.6. The maximum absolute atomic E-state index is 11.6. The van der Waals surface area contributed by atoms with Crippen LogP contribution >= 0.6 is 0 Å². The van der Waals surface area contributed by atoms with E-state index < -0.39 is 12.1 Å². The lowest BCUT2D eigenvalue weighted by molar-refractivity contribution is 0.0506. The fraction of sp³-hybridized carbons (Fsp3) is 0.245. The lowest BCUT2D eigenvalue weighted by atomic mass is 10.1. The van der Waals surface area contributed by atoms with Crippen molar-refractivity contribution in [3.8, 4) is 17.2 Å². The molecule has 0 amide bonds. The van der Waals surface area contributed by atoms with Crippen LogP contribution in [0, 0.1) is 0 Å². The Morgan fingerprint density at radius 2 is 1.44 bits per heavy atom. The number of pyridine rings is 2. The van der Waals surface area contributed by atoms with Crippen molar-refractivity contribution in [1.82, 2.24) is 15.3 Å². The topological polar surface area (TPSA) is 166 Å². The van der Waals surface area contributed by atoms with Gasteiger partial charge in [-0.1, -0.05) is 72.8 Å². The quantitative estimate of drug-likeness (QED) is 0.0279. The van der Waals surface area contributed by atoms with Crippen molar-refractivity contribution in [3.63, 3.8) is 0 Å². The van der Waals surface area contributed by atoms with Gasteiger partial charge in [-0.2, -0.15) is 0 Å². The molecule has 0 aliphatic heterocycles. The van der Waals surface area contributed by atoms with Crippen molar-refractivity contribution in [2.24, 2.45) is 0 Å². The fourth-order valence-corrected chi connectivity index (χ4v) is 6.64. The van der Waals surface area contributed by atoms with E-state index in [1.54, 1.807) is 36.7 Å².